The number of hydrogen-bond acceptors (Lipinski definition) is 8. The molecule has 7 rings (SSSR count). The summed E-state index contributed by atoms with van der Waals surface area (Å²) < 4.78 is 25.1. The van der Waals surface area contributed by atoms with E-state index in [1.165, 1.54) is 19.8 Å². The first kappa shape index (κ1) is 33.7. The molecule has 1 unspecified atom stereocenters. The summed E-state index contributed by atoms with van der Waals surface area (Å²) in [6.45, 7) is 25.2. The molecule has 8 nitrogen and oxygen atoms in total. The number of esters is 1. The highest BCUT2D eigenvalue weighted by Gasteiger charge is 2.85. The zero-order valence-corrected chi connectivity index (χ0v) is 29.5. The number of fused-ring (bicyclic) bond motifs is 4. The van der Waals surface area contributed by atoms with Crippen molar-refractivity contribution in [1.82, 2.24) is 4.90 Å². The molecule has 0 aromatic carbocycles. The van der Waals surface area contributed by atoms with E-state index < -0.39 is 29.2 Å². The predicted octanol–water partition coefficient (Wildman–Crippen LogP) is 5.54. The summed E-state index contributed by atoms with van der Waals surface area (Å²) >= 11 is 0. The summed E-state index contributed by atoms with van der Waals surface area (Å²) in [6.07, 6.45) is 7.92. The van der Waals surface area contributed by atoms with Gasteiger partial charge in [-0.15, -0.1) is 0 Å². The predicted molar refractivity (Wildman–Crippen MR) is 172 cm³/mol. The number of aliphatic hydroxyl groups is 2. The Morgan fingerprint density at radius 1 is 1.17 bits per heavy atom. The minimum Gasteiger partial charge on any atom is -0.456 e. The van der Waals surface area contributed by atoms with Crippen molar-refractivity contribution in [3.8, 4) is 0 Å². The first-order valence-corrected chi connectivity index (χ1v) is 18.0. The van der Waals surface area contributed by atoms with Gasteiger partial charge in [-0.25, -0.2) is 0 Å². The Balaban J connectivity index is 1.14. The maximum Gasteiger partial charge on any atom is 0.303 e. The standard InChI is InChI=1S/C38H58NO7/c1-10-39-17-18-43-28(20-39)46-27-13-14-37-21-38(37)16-15-35(8)29-22(2)19-24(32(34(6,7)42)44-23(3)40)45-30(29)31(41)36(35,9)26(38)12-11-25(37)33(27,4)5/h1,22,25,27-29,31-32,41-42H,10-21H2,2-9H3/t22-,25+,27?,28+,29+,31+,32+,35-,36-,37-,38+/m1/s1. The second kappa shape index (κ2) is 10.9. The van der Waals surface area contributed by atoms with E-state index in [1.54, 1.807) is 19.8 Å². The maximum atomic E-state index is 12.5. The van der Waals surface area contributed by atoms with E-state index in [4.69, 9.17) is 25.9 Å². The third-order valence-electron chi connectivity index (χ3n) is 14.9. The first-order chi connectivity index (χ1) is 21.5. The van der Waals surface area contributed by atoms with Gasteiger partial charge in [0.2, 0.25) is 0 Å². The fourth-order valence-electron chi connectivity index (χ4n) is 12.7. The molecule has 257 valence electrons. The molecule has 2 aliphatic heterocycles. The van der Waals surface area contributed by atoms with Gasteiger partial charge in [0.05, 0.1) is 24.4 Å². The molecule has 5 aliphatic carbocycles. The molecule has 2 saturated heterocycles. The second-order valence-corrected chi connectivity index (χ2v) is 17.8. The van der Waals surface area contributed by atoms with Crippen molar-refractivity contribution in [2.45, 2.75) is 137 Å². The zero-order chi connectivity index (χ0) is 33.2. The van der Waals surface area contributed by atoms with Gasteiger partial charge in [0.25, 0.3) is 0 Å². The Bertz CT molecular complexity index is 1200. The topological polar surface area (TPSA) is 97.7 Å². The maximum absolute atomic E-state index is 12.5. The molecule has 0 aromatic heterocycles. The fraction of sp³-hybridized carbons (Fsp3) is 0.868. The molecule has 5 radical (unpaired) electrons. The van der Waals surface area contributed by atoms with Crippen molar-refractivity contribution < 1.29 is 34.0 Å². The highest BCUT2D eigenvalue weighted by atomic mass is 16.7. The minimum atomic E-state index is -1.31. The summed E-state index contributed by atoms with van der Waals surface area (Å²) in [4.78, 5) is 14.3. The lowest BCUT2D eigenvalue weighted by Gasteiger charge is -2.63. The van der Waals surface area contributed by atoms with E-state index >= 15 is 0 Å². The van der Waals surface area contributed by atoms with Crippen LogP contribution in [0.4, 0.5) is 0 Å². The molecule has 5 saturated carbocycles. The lowest BCUT2D eigenvalue weighted by molar-refractivity contribution is -0.242. The number of ether oxygens (including phenoxy) is 4. The number of aliphatic hydroxyl groups excluding tert-OH is 1. The van der Waals surface area contributed by atoms with E-state index in [2.05, 4.69) is 39.5 Å². The van der Waals surface area contributed by atoms with Gasteiger partial charge in [0, 0.05) is 37.9 Å². The first-order valence-electron chi connectivity index (χ1n) is 18.0. The molecule has 7 fully saturated rings. The van der Waals surface area contributed by atoms with Gasteiger partial charge >= 0.3 is 5.97 Å². The minimum absolute atomic E-state index is 0.0185. The molecule has 11 atom stereocenters. The molecule has 0 amide bonds. The summed E-state index contributed by atoms with van der Waals surface area (Å²) in [5.41, 5.74) is -1.42. The van der Waals surface area contributed by atoms with E-state index in [1.807, 2.05) is 0 Å². The Morgan fingerprint density at radius 3 is 2.59 bits per heavy atom. The van der Waals surface area contributed by atoms with Gasteiger partial charge in [-0.2, -0.15) is 0 Å². The van der Waals surface area contributed by atoms with Crippen LogP contribution in [0, 0.1) is 69.9 Å². The van der Waals surface area contributed by atoms with Crippen LogP contribution in [0.3, 0.4) is 0 Å². The Labute approximate surface area is 277 Å². The third-order valence-corrected chi connectivity index (χ3v) is 14.9. The van der Waals surface area contributed by atoms with Crippen LogP contribution in [0.25, 0.3) is 0 Å². The third kappa shape index (κ3) is 4.48. The summed E-state index contributed by atoms with van der Waals surface area (Å²) in [7, 11) is 0. The monoisotopic (exact) mass is 640 g/mol. The largest absolute Gasteiger partial charge is 0.456 e. The van der Waals surface area contributed by atoms with Crippen LogP contribution in [0.2, 0.25) is 0 Å². The lowest BCUT2D eigenvalue weighted by atomic mass is 9.41. The van der Waals surface area contributed by atoms with E-state index in [0.29, 0.717) is 31.6 Å². The van der Waals surface area contributed by atoms with Gasteiger partial charge in [-0.1, -0.05) is 34.6 Å². The Kier molecular flexibility index (Phi) is 7.96. The van der Waals surface area contributed by atoms with Crippen LogP contribution in [-0.4, -0.2) is 77.5 Å². The number of morpholine rings is 1. The molecule has 2 heterocycles. The summed E-state index contributed by atoms with van der Waals surface area (Å²) in [5.74, 6) is 1.97. The number of nitrogens with zero attached hydrogens (tertiary/aromatic N) is 1. The second-order valence-electron chi connectivity index (χ2n) is 17.8. The van der Waals surface area contributed by atoms with Gasteiger partial charge in [-0.05, 0) is 112 Å². The molecular weight excluding hydrogens is 582 g/mol. The van der Waals surface area contributed by atoms with Gasteiger partial charge in [0.15, 0.2) is 12.4 Å². The van der Waals surface area contributed by atoms with Crippen molar-refractivity contribution in [2.24, 2.45) is 44.8 Å². The highest BCUT2D eigenvalue weighted by molar-refractivity contribution is 5.66. The molecule has 0 bridgehead atoms. The smallest absolute Gasteiger partial charge is 0.303 e. The molecule has 0 aromatic rings. The van der Waals surface area contributed by atoms with E-state index in [-0.39, 0.29) is 45.9 Å². The van der Waals surface area contributed by atoms with Crippen molar-refractivity contribution in [3.05, 3.63) is 25.0 Å². The molecule has 8 heteroatoms. The molecule has 7 aliphatic rings. The zero-order valence-electron chi connectivity index (χ0n) is 29.5. The van der Waals surface area contributed by atoms with Crippen molar-refractivity contribution >= 4 is 5.97 Å². The van der Waals surface area contributed by atoms with Crippen LogP contribution in [0.15, 0.2) is 0 Å². The van der Waals surface area contributed by atoms with E-state index in [0.717, 1.165) is 51.3 Å². The van der Waals surface area contributed by atoms with Crippen LogP contribution < -0.4 is 0 Å². The molecule has 2 N–H and O–H groups in total. The molecule has 46 heavy (non-hydrogen) atoms. The van der Waals surface area contributed by atoms with Crippen LogP contribution in [0.1, 0.15) is 107 Å². The van der Waals surface area contributed by atoms with Crippen molar-refractivity contribution in [1.29, 1.82) is 0 Å². The number of carbonyl (C=O) groups is 1. The van der Waals surface area contributed by atoms with Gasteiger partial charge < -0.3 is 29.2 Å². The lowest BCUT2D eigenvalue weighted by Crippen LogP contribution is -2.59. The number of rotatable bonds is 6. The van der Waals surface area contributed by atoms with Gasteiger partial charge in [-0.3, -0.25) is 9.69 Å². The van der Waals surface area contributed by atoms with E-state index in [9.17, 15) is 15.0 Å². The SMILES string of the molecule is [CH]CN1CCO[C@@H](OC2CC[C@]34C[C@]35CC[C@]3(C)[C@@H]6[C](O[C]([C@H](OC(C)=O)C(C)(C)O)C[C@H]6C)[C@H](O)[C@@]3(C)[C]5CC[C@H]4C2(C)C)C1. The van der Waals surface area contributed by atoms with Crippen LogP contribution >= 0.6 is 0 Å². The molecular formula is C38H58NO7. The van der Waals surface area contributed by atoms with Crippen LogP contribution in [0.5, 0.6) is 0 Å². The average molecular weight is 641 g/mol. The van der Waals surface area contributed by atoms with Gasteiger partial charge in [0.1, 0.15) is 12.2 Å². The highest BCUT2D eigenvalue weighted by Crippen LogP contribution is 2.90. The Morgan fingerprint density at radius 2 is 1.91 bits per heavy atom. The number of hydrogen-bond donors (Lipinski definition) is 2. The molecule has 2 spiro atoms. The van der Waals surface area contributed by atoms with Crippen molar-refractivity contribution in [3.63, 3.8) is 0 Å². The summed E-state index contributed by atoms with van der Waals surface area (Å²) in [5, 5.41) is 23.4. The van der Waals surface area contributed by atoms with Crippen LogP contribution in [-0.2, 0) is 23.7 Å². The number of carbonyl (C=O) groups excluding carboxylic acids is 1. The Hall–Kier alpha value is -0.770. The quantitative estimate of drug-likeness (QED) is 0.366. The summed E-state index contributed by atoms with van der Waals surface area (Å²) in [6, 6.07) is 0. The average Bonchev–Trinajstić information content (AvgIpc) is 3.61. The normalized spacial score (nSPS) is 48.4. The van der Waals surface area contributed by atoms with Crippen molar-refractivity contribution in [2.75, 3.05) is 26.2 Å². The fourth-order valence-corrected chi connectivity index (χ4v) is 12.7.